The highest BCUT2D eigenvalue weighted by Gasteiger charge is 1.98. The number of anilines is 1. The fourth-order valence-corrected chi connectivity index (χ4v) is 0.951. The van der Waals surface area contributed by atoms with E-state index in [0.717, 1.165) is 5.69 Å². The number of halogens is 1. The average molecular weight is 183 g/mol. The zero-order chi connectivity index (χ0) is 8.81. The lowest BCUT2D eigenvalue weighted by Crippen LogP contribution is -2.11. The molecule has 0 unspecified atom stereocenters. The summed E-state index contributed by atoms with van der Waals surface area (Å²) in [6, 6.07) is 9.92. The molecule has 0 aromatic heterocycles. The van der Waals surface area contributed by atoms with Crippen molar-refractivity contribution < 1.29 is 4.79 Å². The molecule has 0 saturated carbocycles. The van der Waals surface area contributed by atoms with E-state index in [1.54, 1.807) is 24.3 Å². The van der Waals surface area contributed by atoms with Crippen molar-refractivity contribution in [1.82, 2.24) is 0 Å². The van der Waals surface area contributed by atoms with Gasteiger partial charge in [0.1, 0.15) is 0 Å². The van der Waals surface area contributed by atoms with Gasteiger partial charge in [-0.15, -0.1) is 11.6 Å². The summed E-state index contributed by atoms with van der Waals surface area (Å²) >= 11 is 5.40. The molecule has 1 radical (unpaired) electrons. The van der Waals surface area contributed by atoms with Crippen LogP contribution in [0, 0.1) is 6.07 Å². The van der Waals surface area contributed by atoms with Gasteiger partial charge in [-0.05, 0) is 18.2 Å². The molecule has 0 atom stereocenters. The molecular formula is C9H9ClNO. The molecule has 0 spiro atoms. The van der Waals surface area contributed by atoms with E-state index >= 15 is 0 Å². The van der Waals surface area contributed by atoms with Gasteiger partial charge in [-0.1, -0.05) is 12.1 Å². The first-order valence-corrected chi connectivity index (χ1v) is 4.18. The summed E-state index contributed by atoms with van der Waals surface area (Å²) in [5.41, 5.74) is 0.781. The average Bonchev–Trinajstić information content (AvgIpc) is 2.06. The van der Waals surface area contributed by atoms with E-state index in [1.807, 2.05) is 0 Å². The molecule has 1 amide bonds. The van der Waals surface area contributed by atoms with Crippen molar-refractivity contribution in [3.63, 3.8) is 0 Å². The molecule has 0 aliphatic carbocycles. The molecule has 1 rings (SSSR count). The molecule has 1 N–H and O–H groups in total. The minimum atomic E-state index is -0.0591. The van der Waals surface area contributed by atoms with Gasteiger partial charge in [-0.25, -0.2) is 0 Å². The Labute approximate surface area is 76.5 Å². The Kier molecular flexibility index (Phi) is 3.61. The predicted octanol–water partition coefficient (Wildman–Crippen LogP) is 2.05. The van der Waals surface area contributed by atoms with Gasteiger partial charge in [0, 0.05) is 18.0 Å². The number of hydrogen-bond donors (Lipinski definition) is 1. The van der Waals surface area contributed by atoms with Gasteiger partial charge in [-0.2, -0.15) is 0 Å². The molecule has 63 valence electrons. The van der Waals surface area contributed by atoms with Crippen LogP contribution in [0.2, 0.25) is 0 Å². The topological polar surface area (TPSA) is 29.1 Å². The molecule has 0 fully saturated rings. The van der Waals surface area contributed by atoms with Crippen LogP contribution in [0.4, 0.5) is 5.69 Å². The Morgan fingerprint density at radius 2 is 2.17 bits per heavy atom. The zero-order valence-corrected chi connectivity index (χ0v) is 7.27. The molecule has 3 heteroatoms. The Morgan fingerprint density at radius 1 is 1.50 bits per heavy atom. The number of hydrogen-bond acceptors (Lipinski definition) is 1. The van der Waals surface area contributed by atoms with Crippen molar-refractivity contribution in [3.05, 3.63) is 30.3 Å². The third-order valence-electron chi connectivity index (χ3n) is 1.32. The predicted molar refractivity (Wildman–Crippen MR) is 49.2 cm³/mol. The normalized spacial score (nSPS) is 9.42. The SMILES string of the molecule is O=C(CCCl)Nc1cc[c]cc1. The summed E-state index contributed by atoms with van der Waals surface area (Å²) < 4.78 is 0. The number of benzene rings is 1. The molecule has 12 heavy (non-hydrogen) atoms. The number of carbonyl (C=O) groups excluding carboxylic acids is 1. The highest BCUT2D eigenvalue weighted by Crippen LogP contribution is 2.04. The molecule has 0 bridgehead atoms. The van der Waals surface area contributed by atoms with E-state index in [0.29, 0.717) is 12.3 Å². The maximum absolute atomic E-state index is 11.0. The van der Waals surface area contributed by atoms with Crippen molar-refractivity contribution in [2.75, 3.05) is 11.2 Å². The standard InChI is InChI=1S/C9H9ClNO/c10-7-6-9(12)11-8-4-2-1-3-5-8/h2-5H,6-7H2,(H,11,12). The summed E-state index contributed by atoms with van der Waals surface area (Å²) in [4.78, 5) is 11.0. The maximum atomic E-state index is 11.0. The van der Waals surface area contributed by atoms with Gasteiger partial charge in [0.15, 0.2) is 0 Å². The van der Waals surface area contributed by atoms with Crippen LogP contribution < -0.4 is 5.32 Å². The molecule has 2 nitrogen and oxygen atoms in total. The van der Waals surface area contributed by atoms with Crippen molar-refractivity contribution in [3.8, 4) is 0 Å². The number of rotatable bonds is 3. The van der Waals surface area contributed by atoms with Crippen LogP contribution in [0.3, 0.4) is 0 Å². The maximum Gasteiger partial charge on any atom is 0.225 e. The highest BCUT2D eigenvalue weighted by molar-refractivity contribution is 6.19. The van der Waals surface area contributed by atoms with E-state index in [2.05, 4.69) is 11.4 Å². The summed E-state index contributed by atoms with van der Waals surface area (Å²) in [5.74, 6) is 0.293. The van der Waals surface area contributed by atoms with Crippen LogP contribution in [0.15, 0.2) is 24.3 Å². The van der Waals surface area contributed by atoms with Crippen molar-refractivity contribution >= 4 is 23.2 Å². The van der Waals surface area contributed by atoms with E-state index in [-0.39, 0.29) is 5.91 Å². The largest absolute Gasteiger partial charge is 0.326 e. The molecule has 0 heterocycles. The van der Waals surface area contributed by atoms with Crippen molar-refractivity contribution in [2.45, 2.75) is 6.42 Å². The summed E-state index contributed by atoms with van der Waals surface area (Å²) in [6.07, 6.45) is 0.347. The minimum Gasteiger partial charge on any atom is -0.326 e. The fourth-order valence-electron chi connectivity index (χ4n) is 0.780. The monoisotopic (exact) mass is 182 g/mol. The van der Waals surface area contributed by atoms with Gasteiger partial charge >= 0.3 is 0 Å². The van der Waals surface area contributed by atoms with Gasteiger partial charge in [-0.3, -0.25) is 4.79 Å². The summed E-state index contributed by atoms with van der Waals surface area (Å²) in [5, 5.41) is 2.70. The van der Waals surface area contributed by atoms with Crippen LogP contribution in [0.1, 0.15) is 6.42 Å². The number of amides is 1. The Morgan fingerprint density at radius 3 is 2.75 bits per heavy atom. The van der Waals surface area contributed by atoms with Gasteiger partial charge in [0.05, 0.1) is 0 Å². The van der Waals surface area contributed by atoms with Gasteiger partial charge in [0.2, 0.25) is 5.91 Å². The second kappa shape index (κ2) is 4.78. The quantitative estimate of drug-likeness (QED) is 0.713. The smallest absolute Gasteiger partial charge is 0.225 e. The van der Waals surface area contributed by atoms with Gasteiger partial charge in [0.25, 0.3) is 0 Å². The Hall–Kier alpha value is -1.02. The molecule has 0 saturated heterocycles. The second-order valence-corrected chi connectivity index (χ2v) is 2.65. The molecular weight excluding hydrogens is 174 g/mol. The lowest BCUT2D eigenvalue weighted by molar-refractivity contribution is -0.115. The van der Waals surface area contributed by atoms with Crippen LogP contribution in [0.25, 0.3) is 0 Å². The molecule has 1 aromatic rings. The molecule has 1 aromatic carbocycles. The van der Waals surface area contributed by atoms with Crippen LogP contribution >= 0.6 is 11.6 Å². The molecule has 0 aliphatic heterocycles. The Bertz CT molecular complexity index is 248. The first-order valence-electron chi connectivity index (χ1n) is 3.65. The highest BCUT2D eigenvalue weighted by atomic mass is 35.5. The first kappa shape index (κ1) is 9.07. The van der Waals surface area contributed by atoms with E-state index in [4.69, 9.17) is 11.6 Å². The van der Waals surface area contributed by atoms with E-state index < -0.39 is 0 Å². The lowest BCUT2D eigenvalue weighted by atomic mass is 10.3. The minimum absolute atomic E-state index is 0.0591. The summed E-state index contributed by atoms with van der Waals surface area (Å²) in [6.45, 7) is 0. The number of alkyl halides is 1. The fraction of sp³-hybridized carbons (Fsp3) is 0.222. The zero-order valence-electron chi connectivity index (χ0n) is 6.51. The summed E-state index contributed by atoms with van der Waals surface area (Å²) in [7, 11) is 0. The van der Waals surface area contributed by atoms with Gasteiger partial charge < -0.3 is 5.32 Å². The van der Waals surface area contributed by atoms with Crippen molar-refractivity contribution in [2.24, 2.45) is 0 Å². The number of nitrogens with one attached hydrogen (secondary N) is 1. The van der Waals surface area contributed by atoms with Crippen LogP contribution in [-0.2, 0) is 4.79 Å². The number of carbonyl (C=O) groups is 1. The third-order valence-corrected chi connectivity index (χ3v) is 1.51. The lowest BCUT2D eigenvalue weighted by Gasteiger charge is -2.01. The van der Waals surface area contributed by atoms with Crippen LogP contribution in [-0.4, -0.2) is 11.8 Å². The van der Waals surface area contributed by atoms with Crippen molar-refractivity contribution in [1.29, 1.82) is 0 Å². The molecule has 0 aliphatic rings. The second-order valence-electron chi connectivity index (χ2n) is 2.28. The van der Waals surface area contributed by atoms with Crippen LogP contribution in [0.5, 0.6) is 0 Å². The van der Waals surface area contributed by atoms with E-state index in [1.165, 1.54) is 0 Å². The Balaban J connectivity index is 2.47. The third kappa shape index (κ3) is 2.93. The van der Waals surface area contributed by atoms with E-state index in [9.17, 15) is 4.79 Å². The first-order chi connectivity index (χ1) is 5.83.